The SMILES string of the molecule is NCC1CC2CCCCCN2C1. The summed E-state index contributed by atoms with van der Waals surface area (Å²) in [5, 5.41) is 0. The first-order valence-electron chi connectivity index (χ1n) is 5.34. The van der Waals surface area contributed by atoms with Crippen molar-refractivity contribution in [1.29, 1.82) is 0 Å². The predicted octanol–water partition coefficient (Wildman–Crippen LogP) is 1.21. The highest BCUT2D eigenvalue weighted by Crippen LogP contribution is 2.28. The molecule has 0 amide bonds. The fourth-order valence-corrected chi connectivity index (χ4v) is 2.71. The summed E-state index contributed by atoms with van der Waals surface area (Å²) >= 11 is 0. The minimum absolute atomic E-state index is 0.799. The lowest BCUT2D eigenvalue weighted by molar-refractivity contribution is 0.257. The third-order valence-corrected chi connectivity index (χ3v) is 3.43. The van der Waals surface area contributed by atoms with Gasteiger partial charge in [0.15, 0.2) is 0 Å². The minimum atomic E-state index is 0.799. The summed E-state index contributed by atoms with van der Waals surface area (Å²) in [5.41, 5.74) is 5.70. The van der Waals surface area contributed by atoms with E-state index in [0.29, 0.717) is 0 Å². The van der Waals surface area contributed by atoms with E-state index < -0.39 is 0 Å². The molecule has 0 aromatic heterocycles. The van der Waals surface area contributed by atoms with Gasteiger partial charge >= 0.3 is 0 Å². The van der Waals surface area contributed by atoms with E-state index in [-0.39, 0.29) is 0 Å². The molecule has 2 unspecified atom stereocenters. The van der Waals surface area contributed by atoms with Crippen LogP contribution in [0.5, 0.6) is 0 Å². The van der Waals surface area contributed by atoms with Crippen molar-refractivity contribution in [2.75, 3.05) is 19.6 Å². The van der Waals surface area contributed by atoms with Crippen LogP contribution in [-0.4, -0.2) is 30.6 Å². The lowest BCUT2D eigenvalue weighted by atomic mass is 10.0. The van der Waals surface area contributed by atoms with Gasteiger partial charge in [-0.25, -0.2) is 0 Å². The average molecular weight is 168 g/mol. The van der Waals surface area contributed by atoms with Gasteiger partial charge in [-0.1, -0.05) is 12.8 Å². The zero-order valence-corrected chi connectivity index (χ0v) is 7.84. The monoisotopic (exact) mass is 168 g/mol. The number of hydrogen-bond acceptors (Lipinski definition) is 2. The Bertz CT molecular complexity index is 133. The third-order valence-electron chi connectivity index (χ3n) is 3.43. The van der Waals surface area contributed by atoms with E-state index in [4.69, 9.17) is 5.73 Å². The van der Waals surface area contributed by atoms with Gasteiger partial charge in [0.05, 0.1) is 0 Å². The van der Waals surface area contributed by atoms with Crippen LogP contribution in [0.2, 0.25) is 0 Å². The fraction of sp³-hybridized carbons (Fsp3) is 1.00. The molecule has 0 aliphatic carbocycles. The van der Waals surface area contributed by atoms with Gasteiger partial charge in [0.25, 0.3) is 0 Å². The second-order valence-corrected chi connectivity index (χ2v) is 4.34. The van der Waals surface area contributed by atoms with Gasteiger partial charge in [0.2, 0.25) is 0 Å². The molecular weight excluding hydrogens is 148 g/mol. The normalized spacial score (nSPS) is 37.8. The van der Waals surface area contributed by atoms with E-state index in [9.17, 15) is 0 Å². The van der Waals surface area contributed by atoms with E-state index in [1.807, 2.05) is 0 Å². The summed E-state index contributed by atoms with van der Waals surface area (Å²) in [7, 11) is 0. The van der Waals surface area contributed by atoms with Crippen LogP contribution < -0.4 is 5.73 Å². The highest BCUT2D eigenvalue weighted by Gasteiger charge is 2.31. The fourth-order valence-electron chi connectivity index (χ4n) is 2.71. The Morgan fingerprint density at radius 2 is 2.17 bits per heavy atom. The number of rotatable bonds is 1. The van der Waals surface area contributed by atoms with Gasteiger partial charge < -0.3 is 10.6 Å². The van der Waals surface area contributed by atoms with Gasteiger partial charge in [-0.2, -0.15) is 0 Å². The molecule has 2 heteroatoms. The zero-order chi connectivity index (χ0) is 8.39. The first kappa shape index (κ1) is 8.52. The van der Waals surface area contributed by atoms with Crippen molar-refractivity contribution in [2.24, 2.45) is 11.7 Å². The molecule has 0 bridgehead atoms. The Morgan fingerprint density at radius 3 is 3.00 bits per heavy atom. The Labute approximate surface area is 75.1 Å². The van der Waals surface area contributed by atoms with Crippen LogP contribution in [0.3, 0.4) is 0 Å². The molecule has 2 N–H and O–H groups in total. The summed E-state index contributed by atoms with van der Waals surface area (Å²) in [6.07, 6.45) is 7.10. The molecule has 2 aliphatic rings. The minimum Gasteiger partial charge on any atom is -0.330 e. The van der Waals surface area contributed by atoms with Gasteiger partial charge in [0, 0.05) is 12.6 Å². The molecule has 0 radical (unpaired) electrons. The number of nitrogens with zero attached hydrogens (tertiary/aromatic N) is 1. The van der Waals surface area contributed by atoms with E-state index in [2.05, 4.69) is 4.90 Å². The summed E-state index contributed by atoms with van der Waals surface area (Å²) < 4.78 is 0. The van der Waals surface area contributed by atoms with Crippen molar-refractivity contribution in [3.8, 4) is 0 Å². The maximum atomic E-state index is 5.70. The molecule has 2 aliphatic heterocycles. The van der Waals surface area contributed by atoms with Gasteiger partial charge in [-0.15, -0.1) is 0 Å². The molecular formula is C10H20N2. The van der Waals surface area contributed by atoms with Crippen LogP contribution in [0.4, 0.5) is 0 Å². The average Bonchev–Trinajstić information content (AvgIpc) is 2.37. The molecule has 70 valence electrons. The third kappa shape index (κ3) is 1.64. The Hall–Kier alpha value is -0.0800. The summed E-state index contributed by atoms with van der Waals surface area (Å²) in [6, 6.07) is 0.890. The largest absolute Gasteiger partial charge is 0.330 e. The second-order valence-electron chi connectivity index (χ2n) is 4.34. The Morgan fingerprint density at radius 1 is 1.25 bits per heavy atom. The van der Waals surface area contributed by atoms with Gasteiger partial charge in [-0.3, -0.25) is 0 Å². The van der Waals surface area contributed by atoms with Crippen LogP contribution in [0.1, 0.15) is 32.1 Å². The first-order chi connectivity index (χ1) is 5.90. The topological polar surface area (TPSA) is 29.3 Å². The molecule has 0 aromatic carbocycles. The Balaban J connectivity index is 1.92. The molecule has 0 spiro atoms. The van der Waals surface area contributed by atoms with Crippen molar-refractivity contribution < 1.29 is 0 Å². The maximum absolute atomic E-state index is 5.70. The van der Waals surface area contributed by atoms with Crippen molar-refractivity contribution in [1.82, 2.24) is 4.90 Å². The van der Waals surface area contributed by atoms with Gasteiger partial charge in [-0.05, 0) is 38.3 Å². The molecule has 0 saturated carbocycles. The van der Waals surface area contributed by atoms with Crippen molar-refractivity contribution in [3.63, 3.8) is 0 Å². The van der Waals surface area contributed by atoms with Crippen LogP contribution >= 0.6 is 0 Å². The molecule has 2 atom stereocenters. The smallest absolute Gasteiger partial charge is 0.00989 e. The maximum Gasteiger partial charge on any atom is 0.00989 e. The van der Waals surface area contributed by atoms with E-state index in [1.54, 1.807) is 0 Å². The molecule has 2 saturated heterocycles. The number of nitrogens with two attached hydrogens (primary N) is 1. The first-order valence-corrected chi connectivity index (χ1v) is 5.34. The molecule has 2 fully saturated rings. The molecule has 0 aromatic rings. The number of hydrogen-bond donors (Lipinski definition) is 1. The molecule has 12 heavy (non-hydrogen) atoms. The Kier molecular flexibility index (Phi) is 2.66. The van der Waals surface area contributed by atoms with Crippen molar-refractivity contribution in [2.45, 2.75) is 38.1 Å². The number of fused-ring (bicyclic) bond motifs is 1. The summed E-state index contributed by atoms with van der Waals surface area (Å²) in [4.78, 5) is 2.67. The zero-order valence-electron chi connectivity index (χ0n) is 7.84. The highest BCUT2D eigenvalue weighted by atomic mass is 15.2. The predicted molar refractivity (Wildman–Crippen MR) is 51.0 cm³/mol. The van der Waals surface area contributed by atoms with Crippen LogP contribution in [-0.2, 0) is 0 Å². The van der Waals surface area contributed by atoms with Crippen LogP contribution in [0, 0.1) is 5.92 Å². The standard InChI is InChI=1S/C10H20N2/c11-7-9-6-10-4-2-1-3-5-12(10)8-9/h9-10H,1-8,11H2. The van der Waals surface area contributed by atoms with Crippen molar-refractivity contribution >= 4 is 0 Å². The van der Waals surface area contributed by atoms with Gasteiger partial charge in [0.1, 0.15) is 0 Å². The summed E-state index contributed by atoms with van der Waals surface area (Å²) in [6.45, 7) is 3.51. The highest BCUT2D eigenvalue weighted by molar-refractivity contribution is 4.86. The van der Waals surface area contributed by atoms with E-state index in [1.165, 1.54) is 45.2 Å². The molecule has 2 heterocycles. The lowest BCUT2D eigenvalue weighted by Gasteiger charge is -2.20. The summed E-state index contributed by atoms with van der Waals surface area (Å²) in [5.74, 6) is 0.799. The molecule has 2 nitrogen and oxygen atoms in total. The van der Waals surface area contributed by atoms with E-state index in [0.717, 1.165) is 18.5 Å². The van der Waals surface area contributed by atoms with Crippen LogP contribution in [0.25, 0.3) is 0 Å². The van der Waals surface area contributed by atoms with Crippen molar-refractivity contribution in [3.05, 3.63) is 0 Å². The quantitative estimate of drug-likeness (QED) is 0.637. The van der Waals surface area contributed by atoms with Crippen LogP contribution in [0.15, 0.2) is 0 Å². The second kappa shape index (κ2) is 3.75. The molecule has 2 rings (SSSR count). The lowest BCUT2D eigenvalue weighted by Crippen LogP contribution is -2.29. The van der Waals surface area contributed by atoms with E-state index >= 15 is 0 Å².